The SMILES string of the molecule is CC(C)OB1OC(c2ccccc2)(c2ccccc2)[C@@H]2OC(C)(C)O[C@H]2C(c2ccccc2)(c2ccccc2)O1. The van der Waals surface area contributed by atoms with E-state index >= 15 is 0 Å². The molecule has 0 N–H and O–H groups in total. The first-order valence-electron chi connectivity index (χ1n) is 13.9. The van der Waals surface area contributed by atoms with Crippen LogP contribution in [0.2, 0.25) is 0 Å². The summed E-state index contributed by atoms with van der Waals surface area (Å²) in [6.07, 6.45) is -1.41. The van der Waals surface area contributed by atoms with E-state index in [1.807, 2.05) is 100 Å². The predicted molar refractivity (Wildman–Crippen MR) is 155 cm³/mol. The summed E-state index contributed by atoms with van der Waals surface area (Å²) in [5.74, 6) is -0.919. The van der Waals surface area contributed by atoms with Gasteiger partial charge in [-0.1, -0.05) is 121 Å². The zero-order valence-electron chi connectivity index (χ0n) is 23.4. The minimum absolute atomic E-state index is 0.172. The molecule has 0 saturated carbocycles. The molecule has 2 fully saturated rings. The Morgan fingerprint density at radius 1 is 0.550 bits per heavy atom. The van der Waals surface area contributed by atoms with Crippen LogP contribution in [0.1, 0.15) is 49.9 Å². The Balaban J connectivity index is 1.70. The van der Waals surface area contributed by atoms with Crippen molar-refractivity contribution in [3.8, 4) is 0 Å². The van der Waals surface area contributed by atoms with E-state index in [0.29, 0.717) is 0 Å². The van der Waals surface area contributed by atoms with Crippen molar-refractivity contribution in [3.05, 3.63) is 144 Å². The molecule has 0 amide bonds. The second-order valence-corrected chi connectivity index (χ2v) is 11.1. The van der Waals surface area contributed by atoms with E-state index in [1.165, 1.54) is 0 Å². The number of rotatable bonds is 6. The van der Waals surface area contributed by atoms with Gasteiger partial charge in [0.1, 0.15) is 23.4 Å². The van der Waals surface area contributed by atoms with Gasteiger partial charge in [-0.15, -0.1) is 0 Å². The Hall–Kier alpha value is -3.26. The molecule has 6 rings (SSSR count). The highest BCUT2D eigenvalue weighted by Crippen LogP contribution is 2.55. The standard InChI is InChI=1S/C34H35BO5/c1-25(2)38-35-39-33(26-17-9-5-10-18-26,27-19-11-6-12-20-27)30-31(37-32(3,4)36-30)34(40-35,28-21-13-7-14-22-28)29-23-15-8-16-24-29/h5-25,30-31H,1-4H3/t30-,31-/m1/s1. The molecule has 2 aliphatic rings. The van der Waals surface area contributed by atoms with Crippen LogP contribution in [0, 0.1) is 0 Å². The molecule has 2 atom stereocenters. The van der Waals surface area contributed by atoms with Gasteiger partial charge in [-0.05, 0) is 49.9 Å². The Morgan fingerprint density at radius 3 is 1.12 bits per heavy atom. The molecular formula is C34H35BO5. The second kappa shape index (κ2) is 10.6. The lowest BCUT2D eigenvalue weighted by Crippen LogP contribution is -2.53. The van der Waals surface area contributed by atoms with Crippen LogP contribution in [-0.4, -0.2) is 31.4 Å². The molecule has 0 radical (unpaired) electrons. The van der Waals surface area contributed by atoms with E-state index in [0.717, 1.165) is 22.3 Å². The van der Waals surface area contributed by atoms with Crippen LogP contribution in [0.5, 0.6) is 0 Å². The average Bonchev–Trinajstić information content (AvgIpc) is 3.26. The fourth-order valence-electron chi connectivity index (χ4n) is 6.10. The molecule has 2 aliphatic heterocycles. The van der Waals surface area contributed by atoms with E-state index in [1.54, 1.807) is 0 Å². The van der Waals surface area contributed by atoms with Crippen LogP contribution in [0.25, 0.3) is 0 Å². The molecule has 2 saturated heterocycles. The zero-order chi connectivity index (χ0) is 27.8. The summed E-state index contributed by atoms with van der Waals surface area (Å²) in [5, 5.41) is 0. The molecule has 4 aromatic rings. The number of hydrogen-bond acceptors (Lipinski definition) is 5. The van der Waals surface area contributed by atoms with Crippen LogP contribution in [0.4, 0.5) is 0 Å². The third kappa shape index (κ3) is 4.60. The van der Waals surface area contributed by atoms with E-state index < -0.39 is 36.5 Å². The van der Waals surface area contributed by atoms with Gasteiger partial charge in [0.05, 0.1) is 0 Å². The van der Waals surface area contributed by atoms with Crippen molar-refractivity contribution in [2.24, 2.45) is 0 Å². The average molecular weight is 534 g/mol. The number of benzene rings is 4. The molecule has 0 aromatic heterocycles. The van der Waals surface area contributed by atoms with Gasteiger partial charge in [0.25, 0.3) is 0 Å². The van der Waals surface area contributed by atoms with Gasteiger partial charge in [-0.3, -0.25) is 0 Å². The summed E-state index contributed by atoms with van der Waals surface area (Å²) >= 11 is 0. The maximum absolute atomic E-state index is 7.14. The molecule has 204 valence electrons. The van der Waals surface area contributed by atoms with E-state index in [4.69, 9.17) is 23.4 Å². The topological polar surface area (TPSA) is 46.2 Å². The molecular weight excluding hydrogens is 499 g/mol. The third-order valence-electron chi connectivity index (χ3n) is 7.66. The van der Waals surface area contributed by atoms with Crippen molar-refractivity contribution in [2.75, 3.05) is 0 Å². The van der Waals surface area contributed by atoms with Crippen LogP contribution < -0.4 is 0 Å². The van der Waals surface area contributed by atoms with Crippen molar-refractivity contribution in [2.45, 2.75) is 63.0 Å². The quantitative estimate of drug-likeness (QED) is 0.253. The van der Waals surface area contributed by atoms with Gasteiger partial charge in [0.2, 0.25) is 0 Å². The highest BCUT2D eigenvalue weighted by molar-refractivity contribution is 6.37. The molecule has 0 spiro atoms. The van der Waals surface area contributed by atoms with Crippen LogP contribution in [0.3, 0.4) is 0 Å². The second-order valence-electron chi connectivity index (χ2n) is 11.1. The minimum atomic E-state index is -1.12. The van der Waals surface area contributed by atoms with Gasteiger partial charge >= 0.3 is 7.32 Å². The van der Waals surface area contributed by atoms with Crippen molar-refractivity contribution < 1.29 is 23.4 Å². The highest BCUT2D eigenvalue weighted by atomic mass is 16.8. The molecule has 2 heterocycles. The summed E-state index contributed by atoms with van der Waals surface area (Å²) in [4.78, 5) is 0. The fourth-order valence-corrected chi connectivity index (χ4v) is 6.10. The third-order valence-corrected chi connectivity index (χ3v) is 7.66. The van der Waals surface area contributed by atoms with Gasteiger partial charge in [0.15, 0.2) is 5.79 Å². The molecule has 0 bridgehead atoms. The number of hydrogen-bond donors (Lipinski definition) is 0. The van der Waals surface area contributed by atoms with Crippen LogP contribution >= 0.6 is 0 Å². The Bertz CT molecular complexity index is 1210. The molecule has 6 heteroatoms. The van der Waals surface area contributed by atoms with Crippen molar-refractivity contribution in [1.29, 1.82) is 0 Å². The summed E-state index contributed by atoms with van der Waals surface area (Å²) in [7, 11) is -1.05. The first-order chi connectivity index (χ1) is 19.3. The van der Waals surface area contributed by atoms with Crippen molar-refractivity contribution in [3.63, 3.8) is 0 Å². The number of fused-ring (bicyclic) bond motifs is 1. The summed E-state index contributed by atoms with van der Waals surface area (Å²) < 4.78 is 34.6. The first-order valence-corrected chi connectivity index (χ1v) is 13.9. The maximum Gasteiger partial charge on any atom is 0.641 e. The predicted octanol–water partition coefficient (Wildman–Crippen LogP) is 6.85. The molecule has 4 aromatic carbocycles. The van der Waals surface area contributed by atoms with E-state index in [-0.39, 0.29) is 6.10 Å². The van der Waals surface area contributed by atoms with Crippen molar-refractivity contribution >= 4 is 7.32 Å². The van der Waals surface area contributed by atoms with Crippen LogP contribution in [-0.2, 0) is 34.6 Å². The summed E-state index contributed by atoms with van der Waals surface area (Å²) in [6.45, 7) is 7.86. The molecule has 0 unspecified atom stereocenters. The monoisotopic (exact) mass is 534 g/mol. The minimum Gasteiger partial charge on any atom is -0.384 e. The lowest BCUT2D eigenvalue weighted by Gasteiger charge is -2.42. The summed E-state index contributed by atoms with van der Waals surface area (Å²) in [6, 6.07) is 40.7. The van der Waals surface area contributed by atoms with Crippen molar-refractivity contribution in [1.82, 2.24) is 0 Å². The van der Waals surface area contributed by atoms with Gasteiger partial charge < -0.3 is 23.4 Å². The lowest BCUT2D eigenvalue weighted by atomic mass is 9.72. The Morgan fingerprint density at radius 2 is 0.850 bits per heavy atom. The summed E-state index contributed by atoms with van der Waals surface area (Å²) in [5.41, 5.74) is 1.47. The maximum atomic E-state index is 7.14. The Kier molecular flexibility index (Phi) is 7.15. The van der Waals surface area contributed by atoms with E-state index in [9.17, 15) is 0 Å². The van der Waals surface area contributed by atoms with E-state index in [2.05, 4.69) is 48.5 Å². The largest absolute Gasteiger partial charge is 0.641 e. The Labute approximate surface area is 237 Å². The normalized spacial score (nSPS) is 23.0. The van der Waals surface area contributed by atoms with Gasteiger partial charge in [-0.25, -0.2) is 0 Å². The first kappa shape index (κ1) is 26.9. The van der Waals surface area contributed by atoms with Gasteiger partial charge in [0, 0.05) is 6.10 Å². The highest BCUT2D eigenvalue weighted by Gasteiger charge is 2.67. The number of ether oxygens (including phenoxy) is 2. The molecule has 0 aliphatic carbocycles. The van der Waals surface area contributed by atoms with Gasteiger partial charge in [-0.2, -0.15) is 0 Å². The fraction of sp³-hybridized carbons (Fsp3) is 0.294. The zero-order valence-corrected chi connectivity index (χ0v) is 23.4. The lowest BCUT2D eigenvalue weighted by molar-refractivity contribution is -0.183. The van der Waals surface area contributed by atoms with Crippen LogP contribution in [0.15, 0.2) is 121 Å². The smallest absolute Gasteiger partial charge is 0.384 e. The molecule has 40 heavy (non-hydrogen) atoms. The molecule has 5 nitrogen and oxygen atoms in total.